The molecule has 8 nitrogen and oxygen atoms in total. The highest BCUT2D eigenvalue weighted by Crippen LogP contribution is 2.34. The molecule has 0 N–H and O–H groups in total. The van der Waals surface area contributed by atoms with Gasteiger partial charge in [0.2, 0.25) is 0 Å². The number of nitro groups is 1. The van der Waals surface area contributed by atoms with Gasteiger partial charge < -0.3 is 9.47 Å². The zero-order chi connectivity index (χ0) is 19.4. The Morgan fingerprint density at radius 1 is 1.26 bits per heavy atom. The third kappa shape index (κ3) is 3.98. The van der Waals surface area contributed by atoms with Gasteiger partial charge in [0.05, 0.1) is 9.82 Å². The molecule has 1 aromatic heterocycles. The molecule has 3 aromatic rings. The average molecular weight is 383 g/mol. The zero-order valence-corrected chi connectivity index (χ0v) is 15.6. The van der Waals surface area contributed by atoms with Crippen molar-refractivity contribution in [2.75, 3.05) is 11.4 Å². The number of para-hydroxylation sites is 1. The van der Waals surface area contributed by atoms with Crippen LogP contribution >= 0.6 is 11.8 Å². The number of amides is 1. The van der Waals surface area contributed by atoms with E-state index in [9.17, 15) is 14.9 Å². The summed E-state index contributed by atoms with van der Waals surface area (Å²) in [6.07, 6.45) is 1.52. The fourth-order valence-electron chi connectivity index (χ4n) is 2.55. The van der Waals surface area contributed by atoms with Crippen molar-refractivity contribution in [3.05, 3.63) is 70.5 Å². The van der Waals surface area contributed by atoms with Crippen LogP contribution < -0.4 is 4.90 Å². The first-order valence-electron chi connectivity index (χ1n) is 8.18. The maximum absolute atomic E-state index is 12.9. The van der Waals surface area contributed by atoms with Crippen LogP contribution in [0.4, 0.5) is 11.4 Å². The van der Waals surface area contributed by atoms with Crippen molar-refractivity contribution < 1.29 is 9.72 Å². The highest BCUT2D eigenvalue weighted by atomic mass is 32.2. The van der Waals surface area contributed by atoms with Crippen molar-refractivity contribution in [3.63, 3.8) is 0 Å². The summed E-state index contributed by atoms with van der Waals surface area (Å²) in [6.45, 7) is 2.31. The number of carbonyl (C=O) groups is 1. The van der Waals surface area contributed by atoms with Crippen molar-refractivity contribution in [3.8, 4) is 0 Å². The van der Waals surface area contributed by atoms with Crippen LogP contribution in [-0.4, -0.2) is 32.1 Å². The van der Waals surface area contributed by atoms with Crippen molar-refractivity contribution in [2.45, 2.75) is 17.0 Å². The first-order valence-corrected chi connectivity index (χ1v) is 9.00. The van der Waals surface area contributed by atoms with Crippen LogP contribution in [0.15, 0.2) is 64.9 Å². The van der Waals surface area contributed by atoms with Crippen LogP contribution in [0.1, 0.15) is 17.3 Å². The molecule has 0 fully saturated rings. The van der Waals surface area contributed by atoms with E-state index in [1.54, 1.807) is 28.6 Å². The molecule has 0 radical (unpaired) electrons. The Morgan fingerprint density at radius 2 is 2.00 bits per heavy atom. The lowest BCUT2D eigenvalue weighted by atomic mass is 10.1. The highest BCUT2D eigenvalue weighted by molar-refractivity contribution is 7.99. The summed E-state index contributed by atoms with van der Waals surface area (Å²) in [5.41, 5.74) is 0.859. The largest absolute Gasteiger partial charge is 0.311 e. The summed E-state index contributed by atoms with van der Waals surface area (Å²) >= 11 is 1.13. The Hall–Kier alpha value is -3.20. The first kappa shape index (κ1) is 18.6. The van der Waals surface area contributed by atoms with Gasteiger partial charge in [0.15, 0.2) is 5.16 Å². The van der Waals surface area contributed by atoms with Gasteiger partial charge in [-0.15, -0.1) is 10.2 Å². The standard InChI is InChI=1S/C18H17N5O3S/c1-3-22(14-7-5-4-6-8-14)17(24)13-9-10-16(15(11-13)23(25)26)27-18-20-19-12-21(18)2/h4-12H,3H2,1-2H3. The van der Waals surface area contributed by atoms with E-state index in [2.05, 4.69) is 10.2 Å². The molecule has 1 heterocycles. The normalized spacial score (nSPS) is 10.6. The minimum absolute atomic E-state index is 0.141. The minimum Gasteiger partial charge on any atom is -0.311 e. The Balaban J connectivity index is 1.94. The molecule has 0 unspecified atom stereocenters. The third-order valence-electron chi connectivity index (χ3n) is 3.90. The summed E-state index contributed by atoms with van der Waals surface area (Å²) in [7, 11) is 1.76. The van der Waals surface area contributed by atoms with Gasteiger partial charge >= 0.3 is 0 Å². The number of rotatable bonds is 6. The minimum atomic E-state index is -0.492. The van der Waals surface area contributed by atoms with E-state index < -0.39 is 4.92 Å². The van der Waals surface area contributed by atoms with Crippen LogP contribution in [0.5, 0.6) is 0 Å². The van der Waals surface area contributed by atoms with Crippen LogP contribution in [0.2, 0.25) is 0 Å². The highest BCUT2D eigenvalue weighted by Gasteiger charge is 2.22. The molecule has 0 spiro atoms. The second-order valence-electron chi connectivity index (χ2n) is 5.65. The van der Waals surface area contributed by atoms with Gasteiger partial charge in [0.25, 0.3) is 11.6 Å². The molecule has 0 saturated heterocycles. The molecule has 2 aromatic carbocycles. The van der Waals surface area contributed by atoms with Gasteiger partial charge in [-0.05, 0) is 43.0 Å². The van der Waals surface area contributed by atoms with Crippen molar-refractivity contribution in [1.29, 1.82) is 0 Å². The van der Waals surface area contributed by atoms with Crippen LogP contribution in [-0.2, 0) is 7.05 Å². The number of anilines is 1. The smallest absolute Gasteiger partial charge is 0.284 e. The van der Waals surface area contributed by atoms with Gasteiger partial charge in [-0.3, -0.25) is 14.9 Å². The average Bonchev–Trinajstić information content (AvgIpc) is 3.08. The van der Waals surface area contributed by atoms with E-state index in [0.717, 1.165) is 17.4 Å². The lowest BCUT2D eigenvalue weighted by Crippen LogP contribution is -2.30. The fraction of sp³-hybridized carbons (Fsp3) is 0.167. The molecule has 1 amide bonds. The Bertz CT molecular complexity index is 974. The van der Waals surface area contributed by atoms with E-state index in [-0.39, 0.29) is 17.2 Å². The maximum atomic E-state index is 12.9. The molecule has 27 heavy (non-hydrogen) atoms. The van der Waals surface area contributed by atoms with E-state index in [1.807, 2.05) is 37.3 Å². The van der Waals surface area contributed by atoms with E-state index >= 15 is 0 Å². The Morgan fingerprint density at radius 3 is 2.59 bits per heavy atom. The van der Waals surface area contributed by atoms with Crippen LogP contribution in [0.3, 0.4) is 0 Å². The fourth-order valence-corrected chi connectivity index (χ4v) is 3.40. The summed E-state index contributed by atoms with van der Waals surface area (Å²) < 4.78 is 1.67. The monoisotopic (exact) mass is 383 g/mol. The molecular formula is C18H17N5O3S. The van der Waals surface area contributed by atoms with Gasteiger partial charge in [-0.25, -0.2) is 0 Å². The van der Waals surface area contributed by atoms with Crippen molar-refractivity contribution in [2.24, 2.45) is 7.05 Å². The molecule has 0 aliphatic heterocycles. The molecule has 138 valence electrons. The van der Waals surface area contributed by atoms with E-state index in [1.165, 1.54) is 12.4 Å². The topological polar surface area (TPSA) is 94.2 Å². The number of carbonyl (C=O) groups excluding carboxylic acids is 1. The number of aryl methyl sites for hydroxylation is 1. The first-order chi connectivity index (χ1) is 13.0. The molecule has 0 atom stereocenters. The number of nitrogens with zero attached hydrogens (tertiary/aromatic N) is 5. The summed E-state index contributed by atoms with van der Waals surface area (Å²) in [6, 6.07) is 13.7. The van der Waals surface area contributed by atoms with E-state index in [4.69, 9.17) is 0 Å². The maximum Gasteiger partial charge on any atom is 0.284 e. The molecule has 9 heteroatoms. The predicted octanol–water partition coefficient (Wildman–Crippen LogP) is 3.54. The van der Waals surface area contributed by atoms with Gasteiger partial charge in [-0.2, -0.15) is 0 Å². The zero-order valence-electron chi connectivity index (χ0n) is 14.8. The molecular weight excluding hydrogens is 366 g/mol. The summed E-state index contributed by atoms with van der Waals surface area (Å²) in [5, 5.41) is 19.8. The SMILES string of the molecule is CCN(C(=O)c1ccc(Sc2nncn2C)c([N+](=O)[O-])c1)c1ccccc1. The van der Waals surface area contributed by atoms with Crippen molar-refractivity contribution in [1.82, 2.24) is 14.8 Å². The lowest BCUT2D eigenvalue weighted by Gasteiger charge is -2.21. The second-order valence-corrected chi connectivity index (χ2v) is 6.66. The summed E-state index contributed by atoms with van der Waals surface area (Å²) in [4.78, 5) is 25.9. The number of nitro benzene ring substituents is 1. The lowest BCUT2D eigenvalue weighted by molar-refractivity contribution is -0.387. The van der Waals surface area contributed by atoms with Gasteiger partial charge in [0, 0.05) is 30.9 Å². The Labute approximate surface area is 160 Å². The molecule has 0 bridgehead atoms. The number of hydrogen-bond donors (Lipinski definition) is 0. The van der Waals surface area contributed by atoms with Crippen LogP contribution in [0.25, 0.3) is 0 Å². The predicted molar refractivity (Wildman–Crippen MR) is 102 cm³/mol. The Kier molecular flexibility index (Phi) is 5.51. The van der Waals surface area contributed by atoms with Gasteiger partial charge in [0.1, 0.15) is 6.33 Å². The molecule has 0 aliphatic carbocycles. The second kappa shape index (κ2) is 8.00. The molecule has 3 rings (SSSR count). The van der Waals surface area contributed by atoms with Gasteiger partial charge in [-0.1, -0.05) is 18.2 Å². The summed E-state index contributed by atoms with van der Waals surface area (Å²) in [5.74, 6) is -0.290. The van der Waals surface area contributed by atoms with Crippen molar-refractivity contribution >= 4 is 29.0 Å². The number of hydrogen-bond acceptors (Lipinski definition) is 6. The van der Waals surface area contributed by atoms with E-state index in [0.29, 0.717) is 16.6 Å². The molecule has 0 saturated carbocycles. The third-order valence-corrected chi connectivity index (χ3v) is 5.02. The molecule has 0 aliphatic rings. The number of aromatic nitrogens is 3. The quantitative estimate of drug-likeness (QED) is 0.477. The number of benzene rings is 2. The van der Waals surface area contributed by atoms with Crippen LogP contribution in [0, 0.1) is 10.1 Å².